The van der Waals surface area contributed by atoms with E-state index in [-0.39, 0.29) is 11.5 Å². The number of guanidine groups is 1. The summed E-state index contributed by atoms with van der Waals surface area (Å²) >= 11 is 0. The van der Waals surface area contributed by atoms with Crippen LogP contribution in [0.4, 0.5) is 5.95 Å². The molecule has 0 spiro atoms. The van der Waals surface area contributed by atoms with Crippen molar-refractivity contribution >= 4 is 22.8 Å². The van der Waals surface area contributed by atoms with Gasteiger partial charge < -0.3 is 10.2 Å². The first-order valence-electron chi connectivity index (χ1n) is 6.39. The fourth-order valence-corrected chi connectivity index (χ4v) is 2.49. The zero-order valence-electron chi connectivity index (χ0n) is 10.9. The van der Waals surface area contributed by atoms with Crippen LogP contribution in [0.3, 0.4) is 0 Å². The molecule has 1 unspecified atom stereocenters. The Morgan fingerprint density at radius 3 is 2.90 bits per heavy atom. The minimum absolute atomic E-state index is 0.193. The first-order chi connectivity index (χ1) is 10.2. The lowest BCUT2D eigenvalue weighted by Gasteiger charge is -2.25. The van der Waals surface area contributed by atoms with E-state index >= 15 is 0 Å². The maximum absolute atomic E-state index is 12.1. The first-order valence-corrected chi connectivity index (χ1v) is 6.39. The van der Waals surface area contributed by atoms with E-state index in [0.29, 0.717) is 17.1 Å². The number of benzene rings is 1. The van der Waals surface area contributed by atoms with Crippen molar-refractivity contribution < 1.29 is 4.42 Å². The van der Waals surface area contributed by atoms with Gasteiger partial charge in [0.1, 0.15) is 5.76 Å². The molecule has 3 aromatic rings. The zero-order chi connectivity index (χ0) is 14.4. The molecule has 0 aliphatic carbocycles. The van der Waals surface area contributed by atoms with Crippen molar-refractivity contribution in [2.75, 3.05) is 5.32 Å². The van der Waals surface area contributed by atoms with Crippen molar-refractivity contribution in [1.29, 1.82) is 0 Å². The van der Waals surface area contributed by atoms with Gasteiger partial charge in [0, 0.05) is 0 Å². The summed E-state index contributed by atoms with van der Waals surface area (Å²) in [6.45, 7) is 0. The molecular formula is C14H11N5O2. The third-order valence-electron chi connectivity index (χ3n) is 3.37. The van der Waals surface area contributed by atoms with Crippen LogP contribution in [0.15, 0.2) is 56.9 Å². The van der Waals surface area contributed by atoms with E-state index in [0.717, 1.165) is 5.52 Å². The third-order valence-corrected chi connectivity index (χ3v) is 3.37. The van der Waals surface area contributed by atoms with Crippen LogP contribution in [-0.2, 0) is 0 Å². The lowest BCUT2D eigenvalue weighted by Crippen LogP contribution is -2.34. The van der Waals surface area contributed by atoms with Gasteiger partial charge in [0.05, 0.1) is 17.2 Å². The van der Waals surface area contributed by atoms with E-state index in [1.807, 2.05) is 18.2 Å². The van der Waals surface area contributed by atoms with Gasteiger partial charge in [-0.15, -0.1) is 0 Å². The van der Waals surface area contributed by atoms with Crippen molar-refractivity contribution in [1.82, 2.24) is 9.55 Å². The summed E-state index contributed by atoms with van der Waals surface area (Å²) < 4.78 is 7.24. The highest BCUT2D eigenvalue weighted by atomic mass is 16.3. The Kier molecular flexibility index (Phi) is 2.34. The third kappa shape index (κ3) is 1.71. The summed E-state index contributed by atoms with van der Waals surface area (Å²) in [6.07, 6.45) is 1.08. The van der Waals surface area contributed by atoms with Crippen LogP contribution in [0, 0.1) is 0 Å². The van der Waals surface area contributed by atoms with E-state index in [1.54, 1.807) is 29.0 Å². The number of aliphatic imine (C=N–C) groups is 1. The van der Waals surface area contributed by atoms with Gasteiger partial charge in [-0.05, 0) is 24.3 Å². The van der Waals surface area contributed by atoms with E-state index < -0.39 is 6.17 Å². The van der Waals surface area contributed by atoms with Crippen LogP contribution in [0.25, 0.3) is 10.9 Å². The molecule has 1 aliphatic heterocycles. The second-order valence-corrected chi connectivity index (χ2v) is 4.66. The number of nitrogens with zero attached hydrogens (tertiary/aromatic N) is 3. The highest BCUT2D eigenvalue weighted by molar-refractivity contribution is 5.93. The zero-order valence-corrected chi connectivity index (χ0v) is 10.9. The summed E-state index contributed by atoms with van der Waals surface area (Å²) in [6, 6.07) is 10.8. The maximum Gasteiger partial charge on any atom is 0.282 e. The largest absolute Gasteiger partial charge is 0.465 e. The van der Waals surface area contributed by atoms with Crippen molar-refractivity contribution in [3.63, 3.8) is 0 Å². The number of hydrogen-bond donors (Lipinski definition) is 2. The number of nitrogens with two attached hydrogens (primary N) is 1. The molecule has 7 heteroatoms. The molecule has 2 aromatic heterocycles. The van der Waals surface area contributed by atoms with Gasteiger partial charge in [-0.1, -0.05) is 12.1 Å². The van der Waals surface area contributed by atoms with Crippen LogP contribution in [0.1, 0.15) is 11.9 Å². The summed E-state index contributed by atoms with van der Waals surface area (Å²) in [5.74, 6) is 1.17. The fraction of sp³-hybridized carbons (Fsp3) is 0.0714. The van der Waals surface area contributed by atoms with Gasteiger partial charge in [0.25, 0.3) is 5.56 Å². The van der Waals surface area contributed by atoms with Crippen molar-refractivity contribution in [3.8, 4) is 0 Å². The van der Waals surface area contributed by atoms with Crippen LogP contribution >= 0.6 is 0 Å². The molecule has 21 heavy (non-hydrogen) atoms. The van der Waals surface area contributed by atoms with Crippen LogP contribution in [0.2, 0.25) is 0 Å². The number of furan rings is 1. The molecule has 3 heterocycles. The average Bonchev–Trinajstić information content (AvgIpc) is 3.00. The van der Waals surface area contributed by atoms with E-state index in [4.69, 9.17) is 10.2 Å². The Morgan fingerprint density at radius 1 is 1.24 bits per heavy atom. The molecule has 0 radical (unpaired) electrons. The average molecular weight is 281 g/mol. The summed E-state index contributed by atoms with van der Waals surface area (Å²) in [5, 5.41) is 3.35. The lowest BCUT2D eigenvalue weighted by molar-refractivity contribution is 0.439. The minimum Gasteiger partial charge on any atom is -0.465 e. The summed E-state index contributed by atoms with van der Waals surface area (Å²) in [4.78, 5) is 20.5. The molecule has 7 nitrogen and oxygen atoms in total. The second kappa shape index (κ2) is 4.20. The quantitative estimate of drug-likeness (QED) is 0.700. The molecule has 0 amide bonds. The maximum atomic E-state index is 12.1. The number of nitrogens with one attached hydrogen (secondary N) is 1. The van der Waals surface area contributed by atoms with E-state index in [1.165, 1.54) is 0 Å². The Bertz CT molecular complexity index is 911. The van der Waals surface area contributed by atoms with E-state index in [9.17, 15) is 4.79 Å². The Hall–Kier alpha value is -3.09. The highest BCUT2D eigenvalue weighted by Crippen LogP contribution is 2.29. The van der Waals surface area contributed by atoms with Gasteiger partial charge in [0.2, 0.25) is 5.95 Å². The Morgan fingerprint density at radius 2 is 2.10 bits per heavy atom. The lowest BCUT2D eigenvalue weighted by atomic mass is 10.2. The molecule has 1 atom stereocenters. The fourth-order valence-electron chi connectivity index (χ4n) is 2.49. The number of anilines is 1. The second-order valence-electron chi connectivity index (χ2n) is 4.66. The number of para-hydroxylation sites is 1. The molecule has 104 valence electrons. The predicted molar refractivity (Wildman–Crippen MR) is 78.1 cm³/mol. The standard InChI is InChI=1S/C14H11N5O2/c15-13-16-11(10-6-3-7-21-10)19-9-5-2-1-4-8(9)12(20)17-14(19)18-13/h1-7,11H,(H3,15,16,17,18,20). The number of rotatable bonds is 1. The molecule has 0 bridgehead atoms. The molecule has 0 saturated carbocycles. The van der Waals surface area contributed by atoms with Gasteiger partial charge in [-0.25, -0.2) is 4.99 Å². The topological polar surface area (TPSA) is 98.4 Å². The summed E-state index contributed by atoms with van der Waals surface area (Å²) in [7, 11) is 0. The number of fused-ring (bicyclic) bond motifs is 3. The predicted octanol–water partition coefficient (Wildman–Crippen LogP) is 1.28. The van der Waals surface area contributed by atoms with Crippen molar-refractivity contribution in [2.24, 2.45) is 10.7 Å². The summed E-state index contributed by atoms with van der Waals surface area (Å²) in [5.41, 5.74) is 6.19. The molecule has 4 rings (SSSR count). The Balaban J connectivity index is 2.08. The smallest absolute Gasteiger partial charge is 0.282 e. The van der Waals surface area contributed by atoms with Gasteiger partial charge in [-0.2, -0.15) is 4.98 Å². The minimum atomic E-state index is -0.491. The number of aromatic nitrogens is 2. The normalized spacial score (nSPS) is 17.1. The molecule has 3 N–H and O–H groups in total. The molecule has 1 aromatic carbocycles. The molecule has 0 saturated heterocycles. The van der Waals surface area contributed by atoms with Crippen molar-refractivity contribution in [3.05, 3.63) is 58.8 Å². The first kappa shape index (κ1) is 11.7. The Labute approximate surface area is 118 Å². The van der Waals surface area contributed by atoms with Crippen molar-refractivity contribution in [2.45, 2.75) is 6.17 Å². The molecular weight excluding hydrogens is 270 g/mol. The van der Waals surface area contributed by atoms with Crippen LogP contribution < -0.4 is 16.6 Å². The number of hydrogen-bond acceptors (Lipinski definition) is 6. The SMILES string of the molecule is NC1=NC(c2ccco2)n2c(nc(=O)c3ccccc32)N1. The van der Waals surface area contributed by atoms with E-state index in [2.05, 4.69) is 15.3 Å². The van der Waals surface area contributed by atoms with Crippen LogP contribution in [0.5, 0.6) is 0 Å². The highest BCUT2D eigenvalue weighted by Gasteiger charge is 2.26. The van der Waals surface area contributed by atoms with Gasteiger partial charge >= 0.3 is 0 Å². The molecule has 1 aliphatic rings. The van der Waals surface area contributed by atoms with Gasteiger partial charge in [0.15, 0.2) is 12.1 Å². The molecule has 0 fully saturated rings. The van der Waals surface area contributed by atoms with Gasteiger partial charge in [-0.3, -0.25) is 14.7 Å². The van der Waals surface area contributed by atoms with Crippen LogP contribution in [-0.4, -0.2) is 15.5 Å². The monoisotopic (exact) mass is 281 g/mol.